The fourth-order valence-electron chi connectivity index (χ4n) is 2.55. The normalized spacial score (nSPS) is 10.6. The molecule has 6 heteroatoms. The van der Waals surface area contributed by atoms with Gasteiger partial charge in [-0.25, -0.2) is 4.39 Å². The van der Waals surface area contributed by atoms with Gasteiger partial charge in [-0.3, -0.25) is 14.6 Å². The molecule has 2 amide bonds. The molecule has 0 fully saturated rings. The summed E-state index contributed by atoms with van der Waals surface area (Å²) in [5.41, 5.74) is 6.99. The molecule has 126 valence electrons. The standard InChI is InChI=1S/C19H16FN3O2/c20-16-5-4-14(18(21)24)11-15(16)19(25)23-9-7-12-3-6-17-13(10-12)2-1-8-22-17/h1-6,8,10-11H,7,9H2,(H2,21,24)(H,23,25). The molecule has 0 aliphatic heterocycles. The fraction of sp³-hybridized carbons (Fsp3) is 0.105. The van der Waals surface area contributed by atoms with Crippen molar-refractivity contribution in [2.75, 3.05) is 6.54 Å². The highest BCUT2D eigenvalue weighted by atomic mass is 19.1. The molecule has 3 rings (SSSR count). The van der Waals surface area contributed by atoms with Gasteiger partial charge in [0.1, 0.15) is 5.82 Å². The van der Waals surface area contributed by atoms with Gasteiger partial charge in [-0.15, -0.1) is 0 Å². The molecule has 0 aliphatic carbocycles. The van der Waals surface area contributed by atoms with Gasteiger partial charge in [-0.05, 0) is 48.4 Å². The van der Waals surface area contributed by atoms with E-state index in [2.05, 4.69) is 10.3 Å². The van der Waals surface area contributed by atoms with Gasteiger partial charge in [-0.1, -0.05) is 12.1 Å². The van der Waals surface area contributed by atoms with Crippen LogP contribution in [0.5, 0.6) is 0 Å². The van der Waals surface area contributed by atoms with E-state index in [1.54, 1.807) is 6.20 Å². The van der Waals surface area contributed by atoms with Crippen molar-refractivity contribution >= 4 is 22.7 Å². The Morgan fingerprint density at radius 1 is 1.12 bits per heavy atom. The van der Waals surface area contributed by atoms with Crippen LogP contribution in [0.15, 0.2) is 54.7 Å². The van der Waals surface area contributed by atoms with Crippen molar-refractivity contribution in [1.29, 1.82) is 0 Å². The Kier molecular flexibility index (Phi) is 4.70. The van der Waals surface area contributed by atoms with Gasteiger partial charge in [0.2, 0.25) is 5.91 Å². The number of amides is 2. The van der Waals surface area contributed by atoms with Gasteiger partial charge >= 0.3 is 0 Å². The number of carbonyl (C=O) groups excluding carboxylic acids is 2. The minimum atomic E-state index is -0.709. The average Bonchev–Trinajstić information content (AvgIpc) is 2.61. The minimum Gasteiger partial charge on any atom is -0.366 e. The molecule has 0 bridgehead atoms. The molecule has 1 heterocycles. The maximum absolute atomic E-state index is 13.8. The molecule has 0 unspecified atom stereocenters. The highest BCUT2D eigenvalue weighted by molar-refractivity contribution is 5.99. The predicted molar refractivity (Wildman–Crippen MR) is 92.7 cm³/mol. The summed E-state index contributed by atoms with van der Waals surface area (Å²) in [4.78, 5) is 27.5. The van der Waals surface area contributed by atoms with Crippen LogP contribution in [0.2, 0.25) is 0 Å². The average molecular weight is 337 g/mol. The predicted octanol–water partition coefficient (Wildman–Crippen LogP) is 2.45. The summed E-state index contributed by atoms with van der Waals surface area (Å²) in [6.45, 7) is 0.338. The third kappa shape index (κ3) is 3.80. The molecule has 0 saturated heterocycles. The number of aromatic nitrogens is 1. The summed E-state index contributed by atoms with van der Waals surface area (Å²) in [6, 6.07) is 13.2. The second kappa shape index (κ2) is 7.09. The molecular weight excluding hydrogens is 321 g/mol. The number of fused-ring (bicyclic) bond motifs is 1. The first-order chi connectivity index (χ1) is 12.0. The number of nitrogens with one attached hydrogen (secondary N) is 1. The van der Waals surface area contributed by atoms with Crippen LogP contribution in [0.4, 0.5) is 4.39 Å². The van der Waals surface area contributed by atoms with Gasteiger partial charge in [0.15, 0.2) is 0 Å². The highest BCUT2D eigenvalue weighted by Crippen LogP contribution is 2.14. The molecule has 3 N–H and O–H groups in total. The molecule has 0 radical (unpaired) electrons. The lowest BCUT2D eigenvalue weighted by Gasteiger charge is -2.08. The summed E-state index contributed by atoms with van der Waals surface area (Å²) in [6.07, 6.45) is 2.32. The van der Waals surface area contributed by atoms with Crippen molar-refractivity contribution in [2.45, 2.75) is 6.42 Å². The van der Waals surface area contributed by atoms with Gasteiger partial charge < -0.3 is 11.1 Å². The number of benzene rings is 2. The first kappa shape index (κ1) is 16.6. The smallest absolute Gasteiger partial charge is 0.254 e. The van der Waals surface area contributed by atoms with Gasteiger partial charge in [0.05, 0.1) is 11.1 Å². The number of primary amides is 1. The van der Waals surface area contributed by atoms with Crippen molar-refractivity contribution in [3.8, 4) is 0 Å². The van der Waals surface area contributed by atoms with Crippen LogP contribution in [0.1, 0.15) is 26.3 Å². The molecule has 0 aliphatic rings. The quantitative estimate of drug-likeness (QED) is 0.750. The SMILES string of the molecule is NC(=O)c1ccc(F)c(C(=O)NCCc2ccc3ncccc3c2)c1. The van der Waals surface area contributed by atoms with E-state index in [1.165, 1.54) is 6.07 Å². The zero-order valence-electron chi connectivity index (χ0n) is 13.3. The van der Waals surface area contributed by atoms with Crippen LogP contribution in [0.3, 0.4) is 0 Å². The molecule has 1 aromatic heterocycles. The van der Waals surface area contributed by atoms with Gasteiger partial charge in [0, 0.05) is 23.7 Å². The maximum atomic E-state index is 13.8. The molecule has 2 aromatic carbocycles. The number of halogens is 1. The van der Waals surface area contributed by atoms with Crippen molar-refractivity contribution < 1.29 is 14.0 Å². The number of nitrogens with zero attached hydrogens (tertiary/aromatic N) is 1. The zero-order chi connectivity index (χ0) is 17.8. The lowest BCUT2D eigenvalue weighted by atomic mass is 10.1. The minimum absolute atomic E-state index is 0.0913. The number of nitrogens with two attached hydrogens (primary N) is 1. The summed E-state index contributed by atoms with van der Waals surface area (Å²) in [5, 5.41) is 3.68. The van der Waals surface area contributed by atoms with Crippen molar-refractivity contribution in [1.82, 2.24) is 10.3 Å². The molecule has 0 spiro atoms. The highest BCUT2D eigenvalue weighted by Gasteiger charge is 2.14. The Balaban J connectivity index is 1.66. The lowest BCUT2D eigenvalue weighted by Crippen LogP contribution is -2.27. The Bertz CT molecular complexity index is 956. The zero-order valence-corrected chi connectivity index (χ0v) is 13.3. The Morgan fingerprint density at radius 2 is 1.96 bits per heavy atom. The van der Waals surface area contributed by atoms with E-state index >= 15 is 0 Å². The summed E-state index contributed by atoms with van der Waals surface area (Å²) in [5.74, 6) is -1.99. The van der Waals surface area contributed by atoms with Gasteiger partial charge in [-0.2, -0.15) is 0 Å². The van der Waals surface area contributed by atoms with Crippen molar-refractivity contribution in [2.24, 2.45) is 5.73 Å². The lowest BCUT2D eigenvalue weighted by molar-refractivity contribution is 0.0950. The van der Waals surface area contributed by atoms with Crippen molar-refractivity contribution in [3.05, 3.63) is 77.2 Å². The topological polar surface area (TPSA) is 85.1 Å². The molecule has 0 saturated carbocycles. The Morgan fingerprint density at radius 3 is 2.76 bits per heavy atom. The van der Waals surface area contributed by atoms with Crippen LogP contribution in [-0.2, 0) is 6.42 Å². The number of rotatable bonds is 5. The third-order valence-electron chi connectivity index (χ3n) is 3.86. The number of pyridine rings is 1. The van der Waals surface area contributed by atoms with E-state index in [-0.39, 0.29) is 11.1 Å². The second-order valence-corrected chi connectivity index (χ2v) is 5.60. The van der Waals surface area contributed by atoms with E-state index in [1.807, 2.05) is 30.3 Å². The van der Waals surface area contributed by atoms with E-state index in [4.69, 9.17) is 5.73 Å². The monoisotopic (exact) mass is 337 g/mol. The summed E-state index contributed by atoms with van der Waals surface area (Å²) in [7, 11) is 0. The van der Waals surface area contributed by atoms with E-state index in [0.717, 1.165) is 28.6 Å². The Hall–Kier alpha value is -3.28. The number of carbonyl (C=O) groups is 2. The van der Waals surface area contributed by atoms with Gasteiger partial charge in [0.25, 0.3) is 5.91 Å². The first-order valence-electron chi connectivity index (χ1n) is 7.76. The first-order valence-corrected chi connectivity index (χ1v) is 7.76. The third-order valence-corrected chi connectivity index (χ3v) is 3.86. The Labute approximate surface area is 143 Å². The van der Waals surface area contributed by atoms with Crippen LogP contribution in [0.25, 0.3) is 10.9 Å². The maximum Gasteiger partial charge on any atom is 0.254 e. The molecule has 0 atom stereocenters. The fourth-order valence-corrected chi connectivity index (χ4v) is 2.55. The number of hydrogen-bond acceptors (Lipinski definition) is 3. The van der Waals surface area contributed by atoms with Crippen LogP contribution in [0, 0.1) is 5.82 Å². The second-order valence-electron chi connectivity index (χ2n) is 5.60. The summed E-state index contributed by atoms with van der Waals surface area (Å²) >= 11 is 0. The van der Waals surface area contributed by atoms with Crippen LogP contribution >= 0.6 is 0 Å². The van der Waals surface area contributed by atoms with E-state index < -0.39 is 17.6 Å². The molecule has 25 heavy (non-hydrogen) atoms. The van der Waals surface area contributed by atoms with E-state index in [0.29, 0.717) is 13.0 Å². The van der Waals surface area contributed by atoms with Crippen LogP contribution < -0.4 is 11.1 Å². The molecule has 5 nitrogen and oxygen atoms in total. The number of hydrogen-bond donors (Lipinski definition) is 2. The largest absolute Gasteiger partial charge is 0.366 e. The van der Waals surface area contributed by atoms with Crippen molar-refractivity contribution in [3.63, 3.8) is 0 Å². The van der Waals surface area contributed by atoms with Crippen LogP contribution in [-0.4, -0.2) is 23.3 Å². The van der Waals surface area contributed by atoms with E-state index in [9.17, 15) is 14.0 Å². The summed E-state index contributed by atoms with van der Waals surface area (Å²) < 4.78 is 13.8. The molecule has 3 aromatic rings. The molecular formula is C19H16FN3O2.